The molecule has 0 spiro atoms. The molecule has 0 amide bonds. The van der Waals surface area contributed by atoms with Crippen LogP contribution in [0.1, 0.15) is 12.8 Å². The van der Waals surface area contributed by atoms with E-state index in [1.165, 1.54) is 7.11 Å². The van der Waals surface area contributed by atoms with E-state index in [1.807, 2.05) is 0 Å². The Labute approximate surface area is 80.0 Å². The third-order valence-electron chi connectivity index (χ3n) is 1.21. The van der Waals surface area contributed by atoms with Gasteiger partial charge in [0.2, 0.25) is 0 Å². The van der Waals surface area contributed by atoms with Crippen LogP contribution in [0.25, 0.3) is 0 Å². The van der Waals surface area contributed by atoms with Crippen molar-refractivity contribution in [3.63, 3.8) is 0 Å². The van der Waals surface area contributed by atoms with Gasteiger partial charge >= 0.3 is 11.9 Å². The molecule has 0 heterocycles. The summed E-state index contributed by atoms with van der Waals surface area (Å²) in [5.41, 5.74) is 5.30. The van der Waals surface area contributed by atoms with Crippen LogP contribution in [0.2, 0.25) is 0 Å². The summed E-state index contributed by atoms with van der Waals surface area (Å²) in [6.07, 6.45) is 0.0389. The Morgan fingerprint density at radius 2 is 2.15 bits per heavy atom. The van der Waals surface area contributed by atoms with E-state index in [4.69, 9.17) is 17.6 Å². The van der Waals surface area contributed by atoms with Crippen molar-refractivity contribution in [2.75, 3.05) is 7.11 Å². The molecular weight excluding hydrogens is 202 g/mol. The molecule has 0 bridgehead atoms. The molecule has 0 aliphatic rings. The fraction of sp³-hybridized carbons (Fsp3) is 0.667. The fourth-order valence-electron chi connectivity index (χ4n) is 0.574. The zero-order valence-corrected chi connectivity index (χ0v) is 7.74. The van der Waals surface area contributed by atoms with Crippen molar-refractivity contribution in [3.05, 3.63) is 0 Å². The molecule has 0 unspecified atom stereocenters. The molecule has 1 atom stereocenters. The third-order valence-corrected chi connectivity index (χ3v) is 1.39. The highest BCUT2D eigenvalue weighted by atomic mass is 35.5. The van der Waals surface area contributed by atoms with E-state index in [2.05, 4.69) is 14.1 Å². The SMILES string of the molecule is COOC(=O)[C@@H](N)CCC(=O)OCl. The molecule has 76 valence electrons. The van der Waals surface area contributed by atoms with Crippen molar-refractivity contribution in [1.82, 2.24) is 0 Å². The van der Waals surface area contributed by atoms with Crippen LogP contribution in [0.3, 0.4) is 0 Å². The van der Waals surface area contributed by atoms with Crippen LogP contribution in [-0.4, -0.2) is 25.1 Å². The molecule has 0 aliphatic carbocycles. The van der Waals surface area contributed by atoms with Gasteiger partial charge in [0, 0.05) is 6.42 Å². The molecule has 0 aromatic carbocycles. The van der Waals surface area contributed by atoms with E-state index in [0.717, 1.165) is 0 Å². The minimum absolute atomic E-state index is 0.0521. The maximum absolute atomic E-state index is 10.8. The van der Waals surface area contributed by atoms with Crippen LogP contribution in [0.4, 0.5) is 0 Å². The summed E-state index contributed by atoms with van der Waals surface area (Å²) in [5.74, 6) is -1.40. The molecule has 0 aromatic heterocycles. The molecule has 0 rings (SSSR count). The van der Waals surface area contributed by atoms with Crippen LogP contribution in [0.15, 0.2) is 0 Å². The van der Waals surface area contributed by atoms with E-state index in [9.17, 15) is 9.59 Å². The minimum atomic E-state index is -0.921. The predicted octanol–water partition coefficient (Wildman–Crippen LogP) is -0.105. The number of rotatable bonds is 5. The molecule has 6 nitrogen and oxygen atoms in total. The number of carbonyl (C=O) groups is 2. The number of hydrogen-bond donors (Lipinski definition) is 1. The van der Waals surface area contributed by atoms with Gasteiger partial charge < -0.3 is 10.0 Å². The van der Waals surface area contributed by atoms with Gasteiger partial charge in [-0.05, 0) is 6.42 Å². The molecule has 7 heteroatoms. The van der Waals surface area contributed by atoms with E-state index >= 15 is 0 Å². The Bertz CT molecular complexity index is 186. The quantitative estimate of drug-likeness (QED) is 0.505. The number of hydrogen-bond acceptors (Lipinski definition) is 6. The first kappa shape index (κ1) is 12.2. The van der Waals surface area contributed by atoms with Crippen LogP contribution < -0.4 is 5.73 Å². The van der Waals surface area contributed by atoms with Crippen molar-refractivity contribution in [3.8, 4) is 0 Å². The van der Waals surface area contributed by atoms with Gasteiger partial charge in [0.1, 0.15) is 17.9 Å². The summed E-state index contributed by atoms with van der Waals surface area (Å²) in [6.45, 7) is 0. The lowest BCUT2D eigenvalue weighted by Crippen LogP contribution is -2.32. The van der Waals surface area contributed by atoms with Crippen LogP contribution in [0.5, 0.6) is 0 Å². The number of nitrogens with two attached hydrogens (primary N) is 1. The van der Waals surface area contributed by atoms with Crippen molar-refractivity contribution in [2.24, 2.45) is 5.73 Å². The van der Waals surface area contributed by atoms with Gasteiger partial charge in [0.15, 0.2) is 0 Å². The normalized spacial score (nSPS) is 11.9. The second-order valence-electron chi connectivity index (χ2n) is 2.16. The molecular formula is C6H10ClNO5. The maximum Gasteiger partial charge on any atom is 0.358 e. The smallest absolute Gasteiger partial charge is 0.348 e. The number of halogens is 1. The molecule has 2 N–H and O–H groups in total. The average molecular weight is 212 g/mol. The highest BCUT2D eigenvalue weighted by Gasteiger charge is 2.17. The molecule has 13 heavy (non-hydrogen) atoms. The zero-order chi connectivity index (χ0) is 10.3. The molecule has 0 saturated carbocycles. The van der Waals surface area contributed by atoms with Crippen LogP contribution >= 0.6 is 11.9 Å². The van der Waals surface area contributed by atoms with E-state index in [-0.39, 0.29) is 12.8 Å². The standard InChI is InChI=1S/C6H10ClNO5/c1-11-13-6(10)4(8)2-3-5(9)12-7/h4H,2-3,8H2,1H3/t4-/m0/s1. The van der Waals surface area contributed by atoms with Gasteiger partial charge in [-0.2, -0.15) is 4.89 Å². The van der Waals surface area contributed by atoms with Crippen LogP contribution in [0, 0.1) is 0 Å². The van der Waals surface area contributed by atoms with Gasteiger partial charge in [-0.25, -0.2) is 4.79 Å². The van der Waals surface area contributed by atoms with Gasteiger partial charge in [0.05, 0.1) is 7.11 Å². The second kappa shape index (κ2) is 6.64. The van der Waals surface area contributed by atoms with E-state index < -0.39 is 18.0 Å². The first-order chi connectivity index (χ1) is 6.11. The number of carbonyl (C=O) groups excluding carboxylic acids is 2. The Kier molecular flexibility index (Phi) is 6.21. The average Bonchev–Trinajstić information content (AvgIpc) is 2.13. The van der Waals surface area contributed by atoms with Crippen LogP contribution in [-0.2, 0) is 23.7 Å². The highest BCUT2D eigenvalue weighted by molar-refractivity contribution is 6.13. The minimum Gasteiger partial charge on any atom is -0.348 e. The lowest BCUT2D eigenvalue weighted by atomic mass is 10.2. The van der Waals surface area contributed by atoms with Gasteiger partial charge in [0.25, 0.3) is 0 Å². The fourth-order valence-corrected chi connectivity index (χ4v) is 0.651. The van der Waals surface area contributed by atoms with Gasteiger partial charge in [-0.3, -0.25) is 9.68 Å². The van der Waals surface area contributed by atoms with Gasteiger partial charge in [-0.1, -0.05) is 0 Å². The maximum atomic E-state index is 10.8. The first-order valence-corrected chi connectivity index (χ1v) is 3.74. The first-order valence-electron chi connectivity index (χ1n) is 3.43. The Morgan fingerprint density at radius 3 is 2.62 bits per heavy atom. The van der Waals surface area contributed by atoms with Crippen molar-refractivity contribution < 1.29 is 23.7 Å². The predicted molar refractivity (Wildman–Crippen MR) is 42.3 cm³/mol. The molecule has 0 saturated heterocycles. The molecule has 0 aliphatic heterocycles. The Morgan fingerprint density at radius 1 is 1.54 bits per heavy atom. The lowest BCUT2D eigenvalue weighted by Gasteiger charge is -2.06. The van der Waals surface area contributed by atoms with E-state index in [1.54, 1.807) is 0 Å². The monoisotopic (exact) mass is 211 g/mol. The summed E-state index contributed by atoms with van der Waals surface area (Å²) < 4.78 is 3.83. The topological polar surface area (TPSA) is 87.9 Å². The summed E-state index contributed by atoms with van der Waals surface area (Å²) in [5, 5.41) is 0. The summed E-state index contributed by atoms with van der Waals surface area (Å²) in [6, 6.07) is -0.921. The van der Waals surface area contributed by atoms with Gasteiger partial charge in [-0.15, -0.1) is 0 Å². The highest BCUT2D eigenvalue weighted by Crippen LogP contribution is 2.00. The molecule has 0 radical (unpaired) electrons. The second-order valence-corrected chi connectivity index (χ2v) is 2.32. The van der Waals surface area contributed by atoms with Crippen molar-refractivity contribution in [2.45, 2.75) is 18.9 Å². The molecule has 0 fully saturated rings. The third kappa shape index (κ3) is 5.40. The van der Waals surface area contributed by atoms with Crippen molar-refractivity contribution >= 4 is 23.8 Å². The largest absolute Gasteiger partial charge is 0.358 e. The summed E-state index contributed by atoms with van der Waals surface area (Å²) >= 11 is 4.74. The van der Waals surface area contributed by atoms with E-state index in [0.29, 0.717) is 0 Å². The Balaban J connectivity index is 3.67. The zero-order valence-electron chi connectivity index (χ0n) is 6.99. The summed E-state index contributed by atoms with van der Waals surface area (Å²) in [7, 11) is 1.18. The lowest BCUT2D eigenvalue weighted by molar-refractivity contribution is -0.256. The Hall–Kier alpha value is -0.850. The summed E-state index contributed by atoms with van der Waals surface area (Å²) in [4.78, 5) is 29.5. The van der Waals surface area contributed by atoms with Crippen molar-refractivity contribution in [1.29, 1.82) is 0 Å². The molecule has 0 aromatic rings.